The predicted molar refractivity (Wildman–Crippen MR) is 96.0 cm³/mol. The number of benzene rings is 1. The van der Waals surface area contributed by atoms with Crippen LogP contribution in [-0.2, 0) is 18.4 Å². The molecular weight excluding hydrogens is 322 g/mol. The van der Waals surface area contributed by atoms with Crippen molar-refractivity contribution in [2.75, 3.05) is 13.6 Å². The van der Waals surface area contributed by atoms with Crippen LogP contribution in [0.3, 0.4) is 0 Å². The number of carbonyl (C=O) groups is 2. The lowest BCUT2D eigenvalue weighted by molar-refractivity contribution is -0.129. The third kappa shape index (κ3) is 3.33. The zero-order valence-corrected chi connectivity index (χ0v) is 14.5. The molecule has 24 heavy (non-hydrogen) atoms. The van der Waals surface area contributed by atoms with Gasteiger partial charge >= 0.3 is 0 Å². The van der Waals surface area contributed by atoms with Crippen molar-refractivity contribution in [2.45, 2.75) is 6.54 Å². The lowest BCUT2D eigenvalue weighted by Gasteiger charge is -2.17. The van der Waals surface area contributed by atoms with E-state index >= 15 is 0 Å². The number of hydrogen-bond donors (Lipinski definition) is 1. The third-order valence-electron chi connectivity index (χ3n) is 3.99. The number of hydrogen-bond acceptors (Lipinski definition) is 3. The van der Waals surface area contributed by atoms with E-state index in [2.05, 4.69) is 5.32 Å². The fraction of sp³-hybridized carbons (Fsp3) is 0.222. The molecule has 0 unspecified atom stereocenters. The van der Waals surface area contributed by atoms with Gasteiger partial charge in [0.05, 0.1) is 16.8 Å². The van der Waals surface area contributed by atoms with Gasteiger partial charge in [0.25, 0.3) is 5.91 Å². The van der Waals surface area contributed by atoms with E-state index in [0.717, 1.165) is 15.8 Å². The van der Waals surface area contributed by atoms with Crippen molar-refractivity contribution in [3.8, 4) is 0 Å². The first kappa shape index (κ1) is 16.3. The van der Waals surface area contributed by atoms with Crippen LogP contribution in [0.25, 0.3) is 10.2 Å². The quantitative estimate of drug-likeness (QED) is 0.776. The molecule has 1 aromatic carbocycles. The number of thiophene rings is 1. The Morgan fingerprint density at radius 3 is 2.67 bits per heavy atom. The Morgan fingerprint density at radius 1 is 1.21 bits per heavy atom. The number of nitrogens with one attached hydrogen (secondary N) is 1. The van der Waals surface area contributed by atoms with Crippen molar-refractivity contribution in [3.63, 3.8) is 0 Å². The molecule has 0 saturated carbocycles. The molecule has 0 fully saturated rings. The van der Waals surface area contributed by atoms with Gasteiger partial charge < -0.3 is 14.8 Å². The van der Waals surface area contributed by atoms with Crippen molar-refractivity contribution >= 4 is 33.4 Å². The number of likely N-dealkylation sites (N-methyl/N-ethyl adjacent to an activating group) is 1. The van der Waals surface area contributed by atoms with Crippen molar-refractivity contribution in [1.82, 2.24) is 14.8 Å². The molecule has 0 spiro atoms. The smallest absolute Gasteiger partial charge is 0.268 e. The number of aryl methyl sites for hydroxylation is 1. The second-order valence-electron chi connectivity index (χ2n) is 5.68. The zero-order chi connectivity index (χ0) is 17.1. The van der Waals surface area contributed by atoms with E-state index in [1.165, 1.54) is 0 Å². The summed E-state index contributed by atoms with van der Waals surface area (Å²) in [5.74, 6) is -0.356. The second-order valence-corrected chi connectivity index (χ2v) is 6.62. The van der Waals surface area contributed by atoms with Gasteiger partial charge in [0, 0.05) is 20.6 Å². The summed E-state index contributed by atoms with van der Waals surface area (Å²) in [4.78, 5) is 26.1. The SMILES string of the molecule is CN(Cc1ccccc1)C(=O)CNC(=O)c1cc2sccc2n1C. The number of nitrogens with zero attached hydrogens (tertiary/aromatic N) is 2. The van der Waals surface area contributed by atoms with E-state index in [9.17, 15) is 9.59 Å². The Kier molecular flexibility index (Phi) is 4.66. The minimum absolute atomic E-state index is 0.0129. The average molecular weight is 341 g/mol. The molecule has 0 aliphatic rings. The van der Waals surface area contributed by atoms with Crippen LogP contribution in [0.2, 0.25) is 0 Å². The maximum atomic E-state index is 12.3. The maximum absolute atomic E-state index is 12.3. The minimum Gasteiger partial charge on any atom is -0.342 e. The molecule has 3 aromatic rings. The Balaban J connectivity index is 1.58. The molecule has 0 saturated heterocycles. The van der Waals surface area contributed by atoms with Crippen molar-refractivity contribution in [2.24, 2.45) is 7.05 Å². The van der Waals surface area contributed by atoms with Crippen LogP contribution in [0, 0.1) is 0 Å². The summed E-state index contributed by atoms with van der Waals surface area (Å²) >= 11 is 1.59. The molecule has 3 rings (SSSR count). The van der Waals surface area contributed by atoms with E-state index in [4.69, 9.17) is 0 Å². The normalized spacial score (nSPS) is 10.8. The van der Waals surface area contributed by atoms with Crippen LogP contribution in [0.5, 0.6) is 0 Å². The van der Waals surface area contributed by atoms with Gasteiger partial charge in [-0.25, -0.2) is 0 Å². The fourth-order valence-corrected chi connectivity index (χ4v) is 3.44. The summed E-state index contributed by atoms with van der Waals surface area (Å²) in [5, 5.41) is 4.71. The molecule has 0 aliphatic carbocycles. The molecule has 0 bridgehead atoms. The Labute approximate surface area is 144 Å². The van der Waals surface area contributed by atoms with Crippen LogP contribution < -0.4 is 5.32 Å². The van der Waals surface area contributed by atoms with Crippen LogP contribution in [0.4, 0.5) is 0 Å². The molecule has 124 valence electrons. The molecule has 0 atom stereocenters. The van der Waals surface area contributed by atoms with Gasteiger partial charge in [-0.3, -0.25) is 9.59 Å². The van der Waals surface area contributed by atoms with Crippen molar-refractivity contribution in [1.29, 1.82) is 0 Å². The molecule has 5 nitrogen and oxygen atoms in total. The largest absolute Gasteiger partial charge is 0.342 e. The summed E-state index contributed by atoms with van der Waals surface area (Å²) in [6, 6.07) is 13.6. The molecular formula is C18H19N3O2S. The van der Waals surface area contributed by atoms with Gasteiger partial charge in [0.1, 0.15) is 5.69 Å². The highest BCUT2D eigenvalue weighted by atomic mass is 32.1. The van der Waals surface area contributed by atoms with Crippen LogP contribution >= 0.6 is 11.3 Å². The molecule has 0 radical (unpaired) electrons. The highest BCUT2D eigenvalue weighted by Gasteiger charge is 2.16. The number of aromatic nitrogens is 1. The number of rotatable bonds is 5. The zero-order valence-electron chi connectivity index (χ0n) is 13.7. The van der Waals surface area contributed by atoms with Crippen LogP contribution in [0.1, 0.15) is 16.1 Å². The summed E-state index contributed by atoms with van der Waals surface area (Å²) in [6.45, 7) is 0.510. The van der Waals surface area contributed by atoms with Crippen LogP contribution in [-0.4, -0.2) is 34.9 Å². The molecule has 0 aliphatic heterocycles. The highest BCUT2D eigenvalue weighted by Crippen LogP contribution is 2.23. The fourth-order valence-electron chi connectivity index (χ4n) is 2.59. The maximum Gasteiger partial charge on any atom is 0.268 e. The number of carbonyl (C=O) groups excluding carboxylic acids is 2. The first-order valence-corrected chi connectivity index (χ1v) is 8.53. The van der Waals surface area contributed by atoms with Crippen molar-refractivity contribution in [3.05, 3.63) is 59.1 Å². The average Bonchev–Trinajstić information content (AvgIpc) is 3.16. The van der Waals surface area contributed by atoms with Gasteiger partial charge in [0.15, 0.2) is 0 Å². The predicted octanol–water partition coefficient (Wildman–Crippen LogP) is 2.63. The second kappa shape index (κ2) is 6.88. The lowest BCUT2D eigenvalue weighted by atomic mass is 10.2. The Morgan fingerprint density at radius 2 is 1.96 bits per heavy atom. The first-order valence-electron chi connectivity index (χ1n) is 7.65. The van der Waals surface area contributed by atoms with Gasteiger partial charge in [-0.15, -0.1) is 11.3 Å². The Hall–Kier alpha value is -2.60. The van der Waals surface area contributed by atoms with Gasteiger partial charge in [0.2, 0.25) is 5.91 Å². The topological polar surface area (TPSA) is 54.3 Å². The third-order valence-corrected chi connectivity index (χ3v) is 4.84. The molecule has 6 heteroatoms. The van der Waals surface area contributed by atoms with Crippen molar-refractivity contribution < 1.29 is 9.59 Å². The first-order chi connectivity index (χ1) is 11.6. The summed E-state index contributed by atoms with van der Waals surface area (Å²) < 4.78 is 2.91. The number of amides is 2. The molecule has 1 N–H and O–H groups in total. The number of fused-ring (bicyclic) bond motifs is 1. The van der Waals surface area contributed by atoms with Gasteiger partial charge in [-0.05, 0) is 23.1 Å². The van der Waals surface area contributed by atoms with Gasteiger partial charge in [-0.2, -0.15) is 0 Å². The monoisotopic (exact) mass is 341 g/mol. The molecule has 2 heterocycles. The van der Waals surface area contributed by atoms with E-state index in [1.54, 1.807) is 23.3 Å². The van der Waals surface area contributed by atoms with E-state index in [1.807, 2.05) is 59.5 Å². The van der Waals surface area contributed by atoms with Gasteiger partial charge in [-0.1, -0.05) is 30.3 Å². The summed E-state index contributed by atoms with van der Waals surface area (Å²) in [5.41, 5.74) is 2.65. The summed E-state index contributed by atoms with van der Waals surface area (Å²) in [6.07, 6.45) is 0. The summed E-state index contributed by atoms with van der Waals surface area (Å²) in [7, 11) is 3.59. The molecule has 2 amide bonds. The Bertz CT molecular complexity index is 867. The minimum atomic E-state index is -0.234. The lowest BCUT2D eigenvalue weighted by Crippen LogP contribution is -2.38. The van der Waals surface area contributed by atoms with Crippen LogP contribution in [0.15, 0.2) is 47.8 Å². The molecule has 2 aromatic heterocycles. The van der Waals surface area contributed by atoms with E-state index < -0.39 is 0 Å². The van der Waals surface area contributed by atoms with E-state index in [-0.39, 0.29) is 18.4 Å². The standard InChI is InChI=1S/C18H19N3O2S/c1-20(12-13-6-4-3-5-7-13)17(22)11-19-18(23)15-10-16-14(21(15)2)8-9-24-16/h3-10H,11-12H2,1-2H3,(H,19,23). The highest BCUT2D eigenvalue weighted by molar-refractivity contribution is 7.17. The van der Waals surface area contributed by atoms with E-state index in [0.29, 0.717) is 12.2 Å².